The molecule has 2 rings (SSSR count). The summed E-state index contributed by atoms with van der Waals surface area (Å²) in [4.78, 5) is 38.9. The summed E-state index contributed by atoms with van der Waals surface area (Å²) < 4.78 is 33.0. The molecule has 1 saturated heterocycles. The molecule has 0 bridgehead atoms. The summed E-state index contributed by atoms with van der Waals surface area (Å²) in [6.45, 7) is 12.1. The third-order valence-electron chi connectivity index (χ3n) is 8.29. The standard InChI is InChI=1S/C26H48N4O6S/c1-7-19(3)37(34,35)29-18(2)9-8-13-25(17-26(25,21(27)31)22(28)32)14-10-20-11-15-30(16-12-20)23(33)36-24(4,5)6/h18-20,29H,7-17H2,1-6H3,(H2,27,31)(H2,28,32)/t18-,19-,25-/m0/s1. The van der Waals surface area contributed by atoms with Gasteiger partial charge in [-0.2, -0.15) is 0 Å². The third kappa shape index (κ3) is 7.59. The number of piperidine rings is 1. The molecule has 0 aromatic carbocycles. The number of amides is 3. The molecule has 1 heterocycles. The van der Waals surface area contributed by atoms with Crippen molar-refractivity contribution in [1.29, 1.82) is 0 Å². The fourth-order valence-electron chi connectivity index (χ4n) is 5.64. The van der Waals surface area contributed by atoms with Crippen molar-refractivity contribution < 1.29 is 27.5 Å². The Labute approximate surface area is 222 Å². The van der Waals surface area contributed by atoms with E-state index in [-0.39, 0.29) is 12.1 Å². The maximum atomic E-state index is 12.4. The number of carbonyl (C=O) groups excluding carboxylic acids is 3. The second kappa shape index (κ2) is 11.9. The summed E-state index contributed by atoms with van der Waals surface area (Å²) in [5, 5.41) is -0.469. The first-order valence-electron chi connectivity index (χ1n) is 13.6. The highest BCUT2D eigenvalue weighted by atomic mass is 32.2. The van der Waals surface area contributed by atoms with Crippen molar-refractivity contribution in [3.05, 3.63) is 0 Å². The summed E-state index contributed by atoms with van der Waals surface area (Å²) in [5.74, 6) is -0.994. The van der Waals surface area contributed by atoms with E-state index in [1.807, 2.05) is 34.6 Å². The number of likely N-dealkylation sites (tertiary alicyclic amines) is 1. The average molecular weight is 545 g/mol. The number of nitrogens with zero attached hydrogens (tertiary/aromatic N) is 1. The topological polar surface area (TPSA) is 162 Å². The van der Waals surface area contributed by atoms with Gasteiger partial charge in [0.15, 0.2) is 0 Å². The van der Waals surface area contributed by atoms with Crippen molar-refractivity contribution in [3.63, 3.8) is 0 Å². The molecule has 2 fully saturated rings. The van der Waals surface area contributed by atoms with Crippen molar-refractivity contribution in [2.75, 3.05) is 13.1 Å². The Morgan fingerprint density at radius 1 is 1.08 bits per heavy atom. The van der Waals surface area contributed by atoms with E-state index in [2.05, 4.69) is 4.72 Å². The van der Waals surface area contributed by atoms with Gasteiger partial charge in [0.25, 0.3) is 0 Å². The molecular weight excluding hydrogens is 496 g/mol. The van der Waals surface area contributed by atoms with Crippen LogP contribution in [0.5, 0.6) is 0 Å². The van der Waals surface area contributed by atoms with Gasteiger partial charge >= 0.3 is 6.09 Å². The number of nitrogens with one attached hydrogen (secondary N) is 1. The largest absolute Gasteiger partial charge is 0.444 e. The maximum Gasteiger partial charge on any atom is 0.410 e. The van der Waals surface area contributed by atoms with E-state index in [9.17, 15) is 22.8 Å². The van der Waals surface area contributed by atoms with Crippen molar-refractivity contribution in [2.45, 2.75) is 116 Å². The van der Waals surface area contributed by atoms with Crippen molar-refractivity contribution in [1.82, 2.24) is 9.62 Å². The van der Waals surface area contributed by atoms with Gasteiger partial charge < -0.3 is 21.1 Å². The fourth-order valence-corrected chi connectivity index (χ4v) is 6.99. The smallest absolute Gasteiger partial charge is 0.410 e. The van der Waals surface area contributed by atoms with Gasteiger partial charge in [0, 0.05) is 19.1 Å². The lowest BCUT2D eigenvalue weighted by Crippen LogP contribution is -2.43. The van der Waals surface area contributed by atoms with Gasteiger partial charge in [0.05, 0.1) is 5.25 Å². The molecule has 2 aliphatic rings. The molecule has 0 aromatic rings. The maximum absolute atomic E-state index is 12.4. The zero-order chi connectivity index (χ0) is 28.2. The summed E-state index contributed by atoms with van der Waals surface area (Å²) in [5.41, 5.74) is 8.91. The molecule has 1 aliphatic carbocycles. The summed E-state index contributed by atoms with van der Waals surface area (Å²) in [7, 11) is -3.39. The van der Waals surface area contributed by atoms with E-state index in [0.717, 1.165) is 19.3 Å². The van der Waals surface area contributed by atoms with E-state index in [4.69, 9.17) is 16.2 Å². The molecule has 0 spiro atoms. The van der Waals surface area contributed by atoms with Crippen LogP contribution in [0.1, 0.15) is 99.3 Å². The predicted octanol–water partition coefficient (Wildman–Crippen LogP) is 3.04. The fraction of sp³-hybridized carbons (Fsp3) is 0.885. The van der Waals surface area contributed by atoms with Crippen LogP contribution in [0.3, 0.4) is 0 Å². The third-order valence-corrected chi connectivity index (χ3v) is 10.4. The molecule has 0 aromatic heterocycles. The van der Waals surface area contributed by atoms with Crippen LogP contribution < -0.4 is 16.2 Å². The zero-order valence-electron chi connectivity index (χ0n) is 23.5. The number of primary amides is 2. The Bertz CT molecular complexity index is 925. The minimum Gasteiger partial charge on any atom is -0.444 e. The quantitative estimate of drug-likeness (QED) is 0.302. The number of ether oxygens (including phenoxy) is 1. The van der Waals surface area contributed by atoms with E-state index >= 15 is 0 Å². The van der Waals surface area contributed by atoms with Gasteiger partial charge in [-0.15, -0.1) is 0 Å². The van der Waals surface area contributed by atoms with Gasteiger partial charge in [0.1, 0.15) is 11.0 Å². The lowest BCUT2D eigenvalue weighted by atomic mass is 9.79. The zero-order valence-corrected chi connectivity index (χ0v) is 24.3. The Hall–Kier alpha value is -1.88. The van der Waals surface area contributed by atoms with Gasteiger partial charge in [-0.05, 0) is 97.3 Å². The Balaban J connectivity index is 1.97. The highest BCUT2D eigenvalue weighted by Gasteiger charge is 2.73. The van der Waals surface area contributed by atoms with E-state index < -0.39 is 43.5 Å². The van der Waals surface area contributed by atoms with Crippen LogP contribution in [0.4, 0.5) is 4.79 Å². The molecule has 3 atom stereocenters. The normalized spacial score (nSPS) is 23.8. The van der Waals surface area contributed by atoms with Crippen LogP contribution in [0.15, 0.2) is 0 Å². The SMILES string of the molecule is CC[C@H](C)S(=O)(=O)N[C@@H](C)CCC[C@]1(CCC2CCN(C(=O)OC(C)(C)C)CC2)CC1(C(N)=O)C(N)=O. The van der Waals surface area contributed by atoms with Gasteiger partial charge in [0.2, 0.25) is 21.8 Å². The molecule has 37 heavy (non-hydrogen) atoms. The molecule has 10 nitrogen and oxygen atoms in total. The number of hydrogen-bond donors (Lipinski definition) is 3. The highest BCUT2D eigenvalue weighted by Crippen LogP contribution is 2.69. The average Bonchev–Trinajstić information content (AvgIpc) is 3.46. The van der Waals surface area contributed by atoms with E-state index in [0.29, 0.717) is 57.5 Å². The molecule has 1 aliphatic heterocycles. The van der Waals surface area contributed by atoms with Crippen LogP contribution in [0.25, 0.3) is 0 Å². The summed E-state index contributed by atoms with van der Waals surface area (Å²) in [6.07, 6.45) is 5.46. The summed E-state index contributed by atoms with van der Waals surface area (Å²) in [6, 6.07) is -0.261. The number of hydrogen-bond acceptors (Lipinski definition) is 6. The summed E-state index contributed by atoms with van der Waals surface area (Å²) >= 11 is 0. The predicted molar refractivity (Wildman–Crippen MR) is 143 cm³/mol. The highest BCUT2D eigenvalue weighted by molar-refractivity contribution is 7.90. The molecule has 0 radical (unpaired) electrons. The molecule has 3 amide bonds. The number of nitrogens with two attached hydrogens (primary N) is 2. The van der Waals surface area contributed by atoms with Crippen molar-refractivity contribution in [3.8, 4) is 0 Å². The molecule has 214 valence electrons. The van der Waals surface area contributed by atoms with Crippen LogP contribution in [0, 0.1) is 16.7 Å². The van der Waals surface area contributed by atoms with Crippen LogP contribution in [0.2, 0.25) is 0 Å². The first-order valence-corrected chi connectivity index (χ1v) is 15.1. The van der Waals surface area contributed by atoms with Gasteiger partial charge in [-0.25, -0.2) is 17.9 Å². The minimum absolute atomic E-state index is 0.261. The van der Waals surface area contributed by atoms with Crippen LogP contribution in [-0.2, 0) is 24.3 Å². The van der Waals surface area contributed by atoms with Gasteiger partial charge in [-0.1, -0.05) is 13.3 Å². The second-order valence-electron chi connectivity index (χ2n) is 12.2. The monoisotopic (exact) mass is 544 g/mol. The first-order chi connectivity index (χ1) is 17.0. The van der Waals surface area contributed by atoms with Crippen molar-refractivity contribution >= 4 is 27.9 Å². The number of sulfonamides is 1. The van der Waals surface area contributed by atoms with Crippen LogP contribution in [-0.4, -0.2) is 61.2 Å². The van der Waals surface area contributed by atoms with Gasteiger partial charge in [-0.3, -0.25) is 9.59 Å². The molecule has 5 N–H and O–H groups in total. The van der Waals surface area contributed by atoms with E-state index in [1.54, 1.807) is 11.8 Å². The number of rotatable bonds is 13. The molecule has 1 saturated carbocycles. The molecule has 0 unspecified atom stereocenters. The van der Waals surface area contributed by atoms with E-state index in [1.165, 1.54) is 0 Å². The Morgan fingerprint density at radius 2 is 1.65 bits per heavy atom. The lowest BCUT2D eigenvalue weighted by Gasteiger charge is -2.34. The van der Waals surface area contributed by atoms with Crippen LogP contribution >= 0.6 is 0 Å². The molecular formula is C26H48N4O6S. The minimum atomic E-state index is -3.39. The Morgan fingerprint density at radius 3 is 2.11 bits per heavy atom. The second-order valence-corrected chi connectivity index (χ2v) is 14.3. The van der Waals surface area contributed by atoms with Crippen molar-refractivity contribution in [2.24, 2.45) is 28.2 Å². The first kappa shape index (κ1) is 31.3. The lowest BCUT2D eigenvalue weighted by molar-refractivity contribution is -0.135. The number of carbonyl (C=O) groups is 3. The molecule has 11 heteroatoms. The Kier molecular flexibility index (Phi) is 10.1.